The Morgan fingerprint density at radius 3 is 2.52 bits per heavy atom. The Hall–Kier alpha value is -0.370. The molecule has 132 valence electrons. The Bertz CT molecular complexity index is 459. The first-order valence-corrected chi connectivity index (χ1v) is 10.1. The standard InChI is InChI=1S/C19H30O2.C2H6/c1-18-6-5-12-9-19(2)10-14(20)4-3-13(19)7-16(12)17(18)8-15(21)11-18;1-2/h12-14,16-17,20H,3-11H2,1-2H3;1-2H3/t12-,13+,14+,16-,17+,18-,19-;/m0./s1. The molecule has 4 rings (SSSR count). The lowest BCUT2D eigenvalue weighted by Crippen LogP contribution is -2.49. The molecule has 0 bridgehead atoms. The molecule has 4 fully saturated rings. The number of aliphatic hydroxyl groups is 1. The van der Waals surface area contributed by atoms with Gasteiger partial charge in [-0.15, -0.1) is 0 Å². The number of aliphatic hydroxyl groups excluding tert-OH is 1. The maximum absolute atomic E-state index is 12.0. The van der Waals surface area contributed by atoms with Gasteiger partial charge in [-0.25, -0.2) is 0 Å². The summed E-state index contributed by atoms with van der Waals surface area (Å²) in [5, 5.41) is 10.1. The zero-order valence-electron chi connectivity index (χ0n) is 15.6. The summed E-state index contributed by atoms with van der Waals surface area (Å²) in [7, 11) is 0. The van der Waals surface area contributed by atoms with Crippen LogP contribution in [-0.4, -0.2) is 17.0 Å². The van der Waals surface area contributed by atoms with Crippen molar-refractivity contribution in [1.82, 2.24) is 0 Å². The molecule has 4 saturated carbocycles. The van der Waals surface area contributed by atoms with E-state index in [4.69, 9.17) is 0 Å². The molecular formula is C21H36O2. The van der Waals surface area contributed by atoms with Gasteiger partial charge in [-0.1, -0.05) is 27.7 Å². The zero-order chi connectivity index (χ0) is 16.8. The fourth-order valence-electron chi connectivity index (χ4n) is 6.88. The second kappa shape index (κ2) is 6.17. The molecule has 23 heavy (non-hydrogen) atoms. The molecule has 2 heteroatoms. The molecule has 0 heterocycles. The Kier molecular flexibility index (Phi) is 4.68. The summed E-state index contributed by atoms with van der Waals surface area (Å²) < 4.78 is 0. The minimum atomic E-state index is -0.0651. The van der Waals surface area contributed by atoms with Crippen molar-refractivity contribution in [3.63, 3.8) is 0 Å². The topological polar surface area (TPSA) is 37.3 Å². The van der Waals surface area contributed by atoms with Gasteiger partial charge < -0.3 is 5.11 Å². The molecule has 0 aliphatic heterocycles. The Morgan fingerprint density at radius 2 is 1.78 bits per heavy atom. The first-order chi connectivity index (χ1) is 10.9. The van der Waals surface area contributed by atoms with Crippen LogP contribution in [0.3, 0.4) is 0 Å². The van der Waals surface area contributed by atoms with Gasteiger partial charge >= 0.3 is 0 Å². The fourth-order valence-corrected chi connectivity index (χ4v) is 6.88. The van der Waals surface area contributed by atoms with Crippen LogP contribution in [0.2, 0.25) is 0 Å². The summed E-state index contributed by atoms with van der Waals surface area (Å²) in [6, 6.07) is 0. The number of fused-ring (bicyclic) bond motifs is 4. The van der Waals surface area contributed by atoms with Gasteiger partial charge in [0.2, 0.25) is 0 Å². The maximum Gasteiger partial charge on any atom is 0.133 e. The van der Waals surface area contributed by atoms with Gasteiger partial charge in [0.05, 0.1) is 6.10 Å². The van der Waals surface area contributed by atoms with Gasteiger partial charge in [-0.05, 0) is 79.4 Å². The van der Waals surface area contributed by atoms with Gasteiger partial charge in [0.25, 0.3) is 0 Å². The number of ketones is 1. The minimum Gasteiger partial charge on any atom is -0.393 e. The fraction of sp³-hybridized carbons (Fsp3) is 0.952. The molecule has 1 N–H and O–H groups in total. The molecule has 0 saturated heterocycles. The maximum atomic E-state index is 12.0. The van der Waals surface area contributed by atoms with Crippen molar-refractivity contribution < 1.29 is 9.90 Å². The number of hydrogen-bond donors (Lipinski definition) is 1. The van der Waals surface area contributed by atoms with Crippen molar-refractivity contribution >= 4 is 5.78 Å². The molecule has 0 unspecified atom stereocenters. The van der Waals surface area contributed by atoms with E-state index >= 15 is 0 Å². The molecule has 0 aromatic rings. The van der Waals surface area contributed by atoms with E-state index in [9.17, 15) is 9.90 Å². The summed E-state index contributed by atoms with van der Waals surface area (Å²) in [5.74, 6) is 3.60. The molecule has 4 aliphatic carbocycles. The summed E-state index contributed by atoms with van der Waals surface area (Å²) in [4.78, 5) is 12.0. The van der Waals surface area contributed by atoms with Crippen LogP contribution in [0.25, 0.3) is 0 Å². The average Bonchev–Trinajstić information content (AvgIpc) is 2.81. The quantitative estimate of drug-likeness (QED) is 0.683. The first-order valence-electron chi connectivity index (χ1n) is 10.1. The predicted molar refractivity (Wildman–Crippen MR) is 94.1 cm³/mol. The predicted octanol–water partition coefficient (Wildman–Crippen LogP) is 4.99. The van der Waals surface area contributed by atoms with E-state index in [-0.39, 0.29) is 6.10 Å². The molecule has 4 aliphatic rings. The van der Waals surface area contributed by atoms with Gasteiger partial charge in [0.15, 0.2) is 0 Å². The van der Waals surface area contributed by atoms with Crippen molar-refractivity contribution in [2.45, 2.75) is 91.6 Å². The van der Waals surface area contributed by atoms with Crippen LogP contribution < -0.4 is 0 Å². The van der Waals surface area contributed by atoms with Crippen LogP contribution in [0, 0.1) is 34.5 Å². The van der Waals surface area contributed by atoms with Crippen molar-refractivity contribution in [3.05, 3.63) is 0 Å². The van der Waals surface area contributed by atoms with Crippen LogP contribution in [0.4, 0.5) is 0 Å². The monoisotopic (exact) mass is 320 g/mol. The largest absolute Gasteiger partial charge is 0.393 e. The van der Waals surface area contributed by atoms with Gasteiger partial charge in [-0.3, -0.25) is 4.79 Å². The molecular weight excluding hydrogens is 284 g/mol. The highest BCUT2D eigenvalue weighted by atomic mass is 16.3. The van der Waals surface area contributed by atoms with E-state index in [2.05, 4.69) is 13.8 Å². The third-order valence-corrected chi connectivity index (χ3v) is 7.97. The minimum absolute atomic E-state index is 0.0651. The SMILES string of the molecule is CC.C[C@]12C[C@H](O)CC[C@@H]1C[C@H]1[C@@H](CC[C@@]3(C)CC(=O)C[C@H]13)C2. The van der Waals surface area contributed by atoms with E-state index in [1.165, 1.54) is 32.1 Å². The van der Waals surface area contributed by atoms with Crippen molar-refractivity contribution in [3.8, 4) is 0 Å². The second-order valence-corrected chi connectivity index (χ2v) is 9.37. The Labute approximate surface area is 142 Å². The van der Waals surface area contributed by atoms with E-state index in [0.717, 1.165) is 43.4 Å². The number of carbonyl (C=O) groups excluding carboxylic acids is 1. The number of hydrogen-bond acceptors (Lipinski definition) is 2. The molecule has 2 nitrogen and oxygen atoms in total. The molecule has 0 radical (unpaired) electrons. The van der Waals surface area contributed by atoms with Crippen molar-refractivity contribution in [2.75, 3.05) is 0 Å². The number of carbonyl (C=O) groups is 1. The molecule has 7 atom stereocenters. The molecule has 0 spiro atoms. The summed E-state index contributed by atoms with van der Waals surface area (Å²) >= 11 is 0. The van der Waals surface area contributed by atoms with Crippen LogP contribution >= 0.6 is 0 Å². The smallest absolute Gasteiger partial charge is 0.133 e. The average molecular weight is 321 g/mol. The van der Waals surface area contributed by atoms with Gasteiger partial charge in [0, 0.05) is 12.8 Å². The zero-order valence-corrected chi connectivity index (χ0v) is 15.6. The highest BCUT2D eigenvalue weighted by molar-refractivity contribution is 5.82. The van der Waals surface area contributed by atoms with Crippen LogP contribution in [-0.2, 0) is 4.79 Å². The third-order valence-electron chi connectivity index (χ3n) is 7.97. The summed E-state index contributed by atoms with van der Waals surface area (Å²) in [6.07, 6.45) is 10.1. The van der Waals surface area contributed by atoms with E-state index in [0.29, 0.717) is 22.5 Å². The second-order valence-electron chi connectivity index (χ2n) is 9.37. The van der Waals surface area contributed by atoms with Crippen molar-refractivity contribution in [2.24, 2.45) is 34.5 Å². The lowest BCUT2D eigenvalue weighted by atomic mass is 9.48. The molecule has 0 aromatic heterocycles. The van der Waals surface area contributed by atoms with E-state index in [1.807, 2.05) is 13.8 Å². The highest BCUT2D eigenvalue weighted by Gasteiger charge is 2.56. The number of rotatable bonds is 0. The summed E-state index contributed by atoms with van der Waals surface area (Å²) in [5.41, 5.74) is 0.690. The lowest BCUT2D eigenvalue weighted by Gasteiger charge is -2.57. The lowest BCUT2D eigenvalue weighted by molar-refractivity contribution is -0.118. The van der Waals surface area contributed by atoms with E-state index in [1.54, 1.807) is 0 Å². The highest BCUT2D eigenvalue weighted by Crippen LogP contribution is 2.63. The van der Waals surface area contributed by atoms with Crippen LogP contribution in [0.1, 0.15) is 85.5 Å². The third kappa shape index (κ3) is 2.90. The van der Waals surface area contributed by atoms with E-state index < -0.39 is 0 Å². The first kappa shape index (κ1) is 17.5. The van der Waals surface area contributed by atoms with Gasteiger partial charge in [-0.2, -0.15) is 0 Å². The number of Topliss-reactive ketones (excluding diaryl/α,β-unsaturated/α-hetero) is 1. The normalized spacial score (nSPS) is 51.9. The van der Waals surface area contributed by atoms with Crippen molar-refractivity contribution in [1.29, 1.82) is 0 Å². The van der Waals surface area contributed by atoms with Gasteiger partial charge in [0.1, 0.15) is 5.78 Å². The Morgan fingerprint density at radius 1 is 1.04 bits per heavy atom. The molecule has 0 aromatic carbocycles. The van der Waals surface area contributed by atoms with Crippen LogP contribution in [0.15, 0.2) is 0 Å². The summed E-state index contributed by atoms with van der Waals surface area (Å²) in [6.45, 7) is 8.82. The molecule has 0 amide bonds. The van der Waals surface area contributed by atoms with Crippen LogP contribution in [0.5, 0.6) is 0 Å². The Balaban J connectivity index is 0.000000753.